The lowest BCUT2D eigenvalue weighted by atomic mass is 9.95. The molecule has 19 heavy (non-hydrogen) atoms. The summed E-state index contributed by atoms with van der Waals surface area (Å²) in [4.78, 5) is 23.6. The fraction of sp³-hybridized carbons (Fsp3) is 0.429. The quantitative estimate of drug-likeness (QED) is 0.849. The summed E-state index contributed by atoms with van der Waals surface area (Å²) >= 11 is 0. The summed E-state index contributed by atoms with van der Waals surface area (Å²) < 4.78 is 5.58. The lowest BCUT2D eigenvalue weighted by molar-refractivity contribution is -0.129. The van der Waals surface area contributed by atoms with Gasteiger partial charge in [-0.3, -0.25) is 9.59 Å². The van der Waals surface area contributed by atoms with Crippen molar-refractivity contribution in [3.05, 3.63) is 24.3 Å². The Morgan fingerprint density at radius 1 is 1.37 bits per heavy atom. The fourth-order valence-corrected chi connectivity index (χ4v) is 1.68. The number of carbonyl (C=O) groups excluding carboxylic acids is 2. The van der Waals surface area contributed by atoms with Crippen molar-refractivity contribution in [1.29, 1.82) is 0 Å². The molecule has 0 aromatic heterocycles. The number of amides is 2. The second-order valence-electron chi connectivity index (χ2n) is 5.55. The van der Waals surface area contributed by atoms with Gasteiger partial charge in [-0.05, 0) is 12.1 Å². The minimum absolute atomic E-state index is 0.109. The molecule has 1 heterocycles. The highest BCUT2D eigenvalue weighted by Gasteiger charge is 2.29. The molecular weight excluding hydrogens is 244 g/mol. The fourth-order valence-electron chi connectivity index (χ4n) is 1.68. The Labute approximate surface area is 112 Å². The largest absolute Gasteiger partial charge is 0.477 e. The van der Waals surface area contributed by atoms with Gasteiger partial charge in [0.25, 0.3) is 5.91 Å². The smallest absolute Gasteiger partial charge is 0.267 e. The molecule has 0 bridgehead atoms. The van der Waals surface area contributed by atoms with Crippen molar-refractivity contribution in [2.24, 2.45) is 5.41 Å². The molecule has 0 saturated heterocycles. The maximum atomic E-state index is 11.8. The number of hydrogen-bond acceptors (Lipinski definition) is 3. The SMILES string of the molecule is CC(C)(C)C(=O)NCC1Oc2ccccc2NC1=O. The van der Waals surface area contributed by atoms with Gasteiger partial charge in [0, 0.05) is 5.41 Å². The average Bonchev–Trinajstić information content (AvgIpc) is 2.34. The van der Waals surface area contributed by atoms with E-state index in [1.807, 2.05) is 32.9 Å². The van der Waals surface area contributed by atoms with Crippen LogP contribution >= 0.6 is 0 Å². The first-order chi connectivity index (χ1) is 8.88. The molecule has 1 aliphatic heterocycles. The maximum absolute atomic E-state index is 11.8. The van der Waals surface area contributed by atoms with Crippen LogP contribution in [-0.4, -0.2) is 24.5 Å². The first-order valence-electron chi connectivity index (χ1n) is 6.23. The van der Waals surface area contributed by atoms with Gasteiger partial charge in [0.15, 0.2) is 6.10 Å². The second kappa shape index (κ2) is 4.91. The molecule has 2 amide bonds. The van der Waals surface area contributed by atoms with E-state index in [-0.39, 0.29) is 18.4 Å². The van der Waals surface area contributed by atoms with E-state index in [2.05, 4.69) is 10.6 Å². The number of para-hydroxylation sites is 2. The summed E-state index contributed by atoms with van der Waals surface area (Å²) in [6, 6.07) is 7.22. The molecule has 0 saturated carbocycles. The standard InChI is InChI=1S/C14H18N2O3/c1-14(2,3)13(18)15-8-11-12(17)16-9-6-4-5-7-10(9)19-11/h4-7,11H,8H2,1-3H3,(H,15,18)(H,16,17). The molecule has 0 fully saturated rings. The summed E-state index contributed by atoms with van der Waals surface area (Å²) in [5, 5.41) is 5.49. The summed E-state index contributed by atoms with van der Waals surface area (Å²) in [6.07, 6.45) is -0.693. The van der Waals surface area contributed by atoms with Crippen LogP contribution in [0.3, 0.4) is 0 Å². The van der Waals surface area contributed by atoms with E-state index in [4.69, 9.17) is 4.74 Å². The highest BCUT2D eigenvalue weighted by Crippen LogP contribution is 2.28. The highest BCUT2D eigenvalue weighted by molar-refractivity contribution is 5.98. The molecule has 1 aliphatic rings. The van der Waals surface area contributed by atoms with Gasteiger partial charge in [0.2, 0.25) is 5.91 Å². The molecule has 1 unspecified atom stereocenters. The summed E-state index contributed by atoms with van der Waals surface area (Å²) in [6.45, 7) is 5.62. The van der Waals surface area contributed by atoms with Gasteiger partial charge in [-0.15, -0.1) is 0 Å². The predicted octanol–water partition coefficient (Wildman–Crippen LogP) is 1.55. The van der Waals surface area contributed by atoms with Crippen molar-refractivity contribution in [2.75, 3.05) is 11.9 Å². The zero-order valence-corrected chi connectivity index (χ0v) is 11.3. The normalized spacial score (nSPS) is 18.1. The zero-order valence-electron chi connectivity index (χ0n) is 11.3. The lowest BCUT2D eigenvalue weighted by Gasteiger charge is -2.27. The van der Waals surface area contributed by atoms with Gasteiger partial charge < -0.3 is 15.4 Å². The van der Waals surface area contributed by atoms with Crippen LogP contribution in [0.1, 0.15) is 20.8 Å². The molecular formula is C14H18N2O3. The molecule has 102 valence electrons. The molecule has 0 radical (unpaired) electrons. The van der Waals surface area contributed by atoms with Gasteiger partial charge in [-0.2, -0.15) is 0 Å². The van der Waals surface area contributed by atoms with Crippen LogP contribution in [0.5, 0.6) is 5.75 Å². The average molecular weight is 262 g/mol. The highest BCUT2D eigenvalue weighted by atomic mass is 16.5. The number of fused-ring (bicyclic) bond motifs is 1. The Bertz CT molecular complexity index is 506. The van der Waals surface area contributed by atoms with Crippen LogP contribution in [0.25, 0.3) is 0 Å². The molecule has 0 spiro atoms. The molecule has 1 aromatic carbocycles. The molecule has 0 aliphatic carbocycles. The van der Waals surface area contributed by atoms with E-state index < -0.39 is 11.5 Å². The Balaban J connectivity index is 2.00. The molecule has 2 N–H and O–H groups in total. The van der Waals surface area contributed by atoms with E-state index in [0.29, 0.717) is 11.4 Å². The van der Waals surface area contributed by atoms with Crippen LogP contribution in [0.15, 0.2) is 24.3 Å². The van der Waals surface area contributed by atoms with Crippen LogP contribution in [0.2, 0.25) is 0 Å². The van der Waals surface area contributed by atoms with Gasteiger partial charge in [0.05, 0.1) is 12.2 Å². The van der Waals surface area contributed by atoms with Crippen LogP contribution in [-0.2, 0) is 9.59 Å². The van der Waals surface area contributed by atoms with Gasteiger partial charge in [-0.1, -0.05) is 32.9 Å². The van der Waals surface area contributed by atoms with Gasteiger partial charge >= 0.3 is 0 Å². The molecule has 2 rings (SSSR count). The predicted molar refractivity (Wildman–Crippen MR) is 72.0 cm³/mol. The van der Waals surface area contributed by atoms with E-state index in [9.17, 15) is 9.59 Å². The minimum Gasteiger partial charge on any atom is -0.477 e. The maximum Gasteiger partial charge on any atom is 0.267 e. The number of nitrogens with one attached hydrogen (secondary N) is 2. The number of ether oxygens (including phenoxy) is 1. The zero-order chi connectivity index (χ0) is 14.0. The van der Waals surface area contributed by atoms with Gasteiger partial charge in [0.1, 0.15) is 5.75 Å². The first kappa shape index (κ1) is 13.4. The van der Waals surface area contributed by atoms with Crippen LogP contribution in [0.4, 0.5) is 5.69 Å². The molecule has 5 nitrogen and oxygen atoms in total. The van der Waals surface area contributed by atoms with Crippen molar-refractivity contribution in [3.63, 3.8) is 0 Å². The molecule has 5 heteroatoms. The van der Waals surface area contributed by atoms with E-state index >= 15 is 0 Å². The summed E-state index contributed by atoms with van der Waals surface area (Å²) in [7, 11) is 0. The minimum atomic E-state index is -0.693. The number of benzene rings is 1. The Morgan fingerprint density at radius 2 is 2.05 bits per heavy atom. The topological polar surface area (TPSA) is 67.4 Å². The third-order valence-electron chi connectivity index (χ3n) is 2.84. The van der Waals surface area contributed by atoms with Gasteiger partial charge in [-0.25, -0.2) is 0 Å². The lowest BCUT2D eigenvalue weighted by Crippen LogP contribution is -2.47. The van der Waals surface area contributed by atoms with Crippen LogP contribution < -0.4 is 15.4 Å². The van der Waals surface area contributed by atoms with Crippen molar-refractivity contribution >= 4 is 17.5 Å². The third-order valence-corrected chi connectivity index (χ3v) is 2.84. The van der Waals surface area contributed by atoms with E-state index in [1.54, 1.807) is 12.1 Å². The first-order valence-corrected chi connectivity index (χ1v) is 6.23. The van der Waals surface area contributed by atoms with Crippen molar-refractivity contribution in [2.45, 2.75) is 26.9 Å². The monoisotopic (exact) mass is 262 g/mol. The van der Waals surface area contributed by atoms with Crippen molar-refractivity contribution < 1.29 is 14.3 Å². The number of anilines is 1. The number of carbonyl (C=O) groups is 2. The van der Waals surface area contributed by atoms with E-state index in [1.165, 1.54) is 0 Å². The van der Waals surface area contributed by atoms with Crippen LogP contribution in [0, 0.1) is 5.41 Å². The number of hydrogen-bond donors (Lipinski definition) is 2. The Hall–Kier alpha value is -2.04. The second-order valence-corrected chi connectivity index (χ2v) is 5.55. The summed E-state index contributed by atoms with van der Waals surface area (Å²) in [5.41, 5.74) is 0.175. The van der Waals surface area contributed by atoms with Crippen molar-refractivity contribution in [1.82, 2.24) is 5.32 Å². The Morgan fingerprint density at radius 3 is 2.74 bits per heavy atom. The van der Waals surface area contributed by atoms with Crippen molar-refractivity contribution in [3.8, 4) is 5.75 Å². The number of rotatable bonds is 2. The Kier molecular flexibility index (Phi) is 3.46. The van der Waals surface area contributed by atoms with E-state index in [0.717, 1.165) is 0 Å². The molecule has 1 atom stereocenters. The third kappa shape index (κ3) is 3.05. The molecule has 1 aromatic rings. The summed E-state index contributed by atoms with van der Waals surface area (Å²) in [5.74, 6) is 0.271.